The number of hydrogen-bond donors (Lipinski definition) is 1. The summed E-state index contributed by atoms with van der Waals surface area (Å²) < 4.78 is 11.2. The predicted octanol–water partition coefficient (Wildman–Crippen LogP) is 4.71. The van der Waals surface area contributed by atoms with Gasteiger partial charge in [0.2, 0.25) is 5.91 Å². The zero-order chi connectivity index (χ0) is 18.6. The van der Waals surface area contributed by atoms with E-state index in [4.69, 9.17) is 9.47 Å². The fraction of sp³-hybridized carbons (Fsp3) is 0.238. The molecule has 0 bridgehead atoms. The van der Waals surface area contributed by atoms with E-state index in [0.717, 1.165) is 28.3 Å². The highest BCUT2D eigenvalue weighted by molar-refractivity contribution is 7.14. The summed E-state index contributed by atoms with van der Waals surface area (Å²) in [5.74, 6) is 1.61. The summed E-state index contributed by atoms with van der Waals surface area (Å²) in [6.07, 6.45) is 0.420. The van der Waals surface area contributed by atoms with Crippen LogP contribution in [0.25, 0.3) is 11.3 Å². The molecule has 2 aromatic carbocycles. The van der Waals surface area contributed by atoms with Gasteiger partial charge in [-0.2, -0.15) is 0 Å². The number of ether oxygens (including phenoxy) is 2. The van der Waals surface area contributed by atoms with Crippen LogP contribution in [0.5, 0.6) is 11.5 Å². The highest BCUT2D eigenvalue weighted by Gasteiger charge is 2.15. The van der Waals surface area contributed by atoms with Crippen molar-refractivity contribution >= 4 is 22.4 Å². The minimum Gasteiger partial charge on any atom is -0.486 e. The van der Waals surface area contributed by atoms with Crippen LogP contribution in [0.1, 0.15) is 24.8 Å². The second-order valence-corrected chi connectivity index (χ2v) is 7.32. The van der Waals surface area contributed by atoms with Crippen molar-refractivity contribution in [2.24, 2.45) is 0 Å². The number of anilines is 1. The summed E-state index contributed by atoms with van der Waals surface area (Å²) >= 11 is 1.42. The van der Waals surface area contributed by atoms with Crippen LogP contribution in [0.2, 0.25) is 0 Å². The predicted molar refractivity (Wildman–Crippen MR) is 107 cm³/mol. The van der Waals surface area contributed by atoms with E-state index in [1.54, 1.807) is 0 Å². The monoisotopic (exact) mass is 380 g/mol. The van der Waals surface area contributed by atoms with Crippen LogP contribution < -0.4 is 14.8 Å². The molecule has 0 aliphatic carbocycles. The van der Waals surface area contributed by atoms with E-state index in [-0.39, 0.29) is 11.8 Å². The molecule has 0 spiro atoms. The Bertz CT molecular complexity index is 940. The molecule has 6 heteroatoms. The van der Waals surface area contributed by atoms with Crippen molar-refractivity contribution in [3.8, 4) is 22.8 Å². The molecule has 5 nitrogen and oxygen atoms in total. The SMILES string of the molecule is CC(CC(=O)Nc1nc(-c2ccc3c(c2)OCCO3)cs1)c1ccccc1. The fourth-order valence-electron chi connectivity index (χ4n) is 3.01. The summed E-state index contributed by atoms with van der Waals surface area (Å²) in [7, 11) is 0. The first-order valence-electron chi connectivity index (χ1n) is 8.89. The van der Waals surface area contributed by atoms with Gasteiger partial charge in [-0.25, -0.2) is 4.98 Å². The molecule has 3 aromatic rings. The Labute approximate surface area is 162 Å². The fourth-order valence-corrected chi connectivity index (χ4v) is 3.75. The Morgan fingerprint density at radius 2 is 1.93 bits per heavy atom. The van der Waals surface area contributed by atoms with Crippen molar-refractivity contribution in [2.75, 3.05) is 18.5 Å². The van der Waals surface area contributed by atoms with Gasteiger partial charge < -0.3 is 14.8 Å². The highest BCUT2D eigenvalue weighted by Crippen LogP contribution is 2.35. The first kappa shape index (κ1) is 17.5. The Morgan fingerprint density at radius 3 is 2.74 bits per heavy atom. The van der Waals surface area contributed by atoms with Gasteiger partial charge in [0.25, 0.3) is 0 Å². The molecule has 4 rings (SSSR count). The lowest BCUT2D eigenvalue weighted by Gasteiger charge is -2.18. The molecule has 0 saturated carbocycles. The topological polar surface area (TPSA) is 60.5 Å². The maximum Gasteiger partial charge on any atom is 0.226 e. The molecule has 2 heterocycles. The van der Waals surface area contributed by atoms with Gasteiger partial charge in [0.05, 0.1) is 5.69 Å². The van der Waals surface area contributed by atoms with Crippen LogP contribution in [0.4, 0.5) is 5.13 Å². The lowest BCUT2D eigenvalue weighted by Crippen LogP contribution is -2.15. The molecule has 138 valence electrons. The minimum atomic E-state index is -0.0329. The number of hydrogen-bond acceptors (Lipinski definition) is 5. The Balaban J connectivity index is 1.41. The lowest BCUT2D eigenvalue weighted by molar-refractivity contribution is -0.116. The van der Waals surface area contributed by atoms with Crippen molar-refractivity contribution in [3.63, 3.8) is 0 Å². The number of thiazole rings is 1. The Morgan fingerprint density at radius 1 is 1.15 bits per heavy atom. The molecule has 1 aromatic heterocycles. The first-order chi connectivity index (χ1) is 13.2. The number of benzene rings is 2. The first-order valence-corrected chi connectivity index (χ1v) is 9.77. The van der Waals surface area contributed by atoms with Crippen LogP contribution in [0.15, 0.2) is 53.9 Å². The average Bonchev–Trinajstić information content (AvgIpc) is 3.16. The quantitative estimate of drug-likeness (QED) is 0.696. The summed E-state index contributed by atoms with van der Waals surface area (Å²) in [5.41, 5.74) is 2.90. The van der Waals surface area contributed by atoms with Crippen LogP contribution in [-0.2, 0) is 4.79 Å². The number of fused-ring (bicyclic) bond motifs is 1. The van der Waals surface area contributed by atoms with Gasteiger partial charge in [-0.05, 0) is 29.7 Å². The van der Waals surface area contributed by atoms with E-state index in [9.17, 15) is 4.79 Å². The maximum absolute atomic E-state index is 12.4. The molecule has 0 fully saturated rings. The summed E-state index contributed by atoms with van der Waals surface area (Å²) in [6.45, 7) is 3.17. The number of nitrogens with zero attached hydrogens (tertiary/aromatic N) is 1. The van der Waals surface area contributed by atoms with Gasteiger partial charge in [0.1, 0.15) is 13.2 Å². The molecular formula is C21H20N2O3S. The summed E-state index contributed by atoms with van der Waals surface area (Å²) in [5, 5.41) is 5.44. The Kier molecular flexibility index (Phi) is 5.07. The zero-order valence-electron chi connectivity index (χ0n) is 15.0. The van der Waals surface area contributed by atoms with Crippen LogP contribution in [0, 0.1) is 0 Å². The van der Waals surface area contributed by atoms with Gasteiger partial charge in [0, 0.05) is 17.4 Å². The minimum absolute atomic E-state index is 0.0329. The molecule has 1 atom stereocenters. The Hall–Kier alpha value is -2.86. The third kappa shape index (κ3) is 4.11. The van der Waals surface area contributed by atoms with Crippen LogP contribution in [0.3, 0.4) is 0 Å². The maximum atomic E-state index is 12.4. The van der Waals surface area contributed by atoms with Gasteiger partial charge in [-0.1, -0.05) is 37.3 Å². The van der Waals surface area contributed by atoms with E-state index < -0.39 is 0 Å². The molecule has 1 aliphatic rings. The summed E-state index contributed by atoms with van der Waals surface area (Å²) in [6, 6.07) is 15.8. The van der Waals surface area contributed by atoms with Gasteiger partial charge in [-0.3, -0.25) is 4.79 Å². The number of carbonyl (C=O) groups is 1. The zero-order valence-corrected chi connectivity index (χ0v) is 15.8. The number of nitrogens with one attached hydrogen (secondary N) is 1. The third-order valence-corrected chi connectivity index (χ3v) is 5.21. The van der Waals surface area contributed by atoms with Crippen molar-refractivity contribution in [1.29, 1.82) is 0 Å². The molecular weight excluding hydrogens is 360 g/mol. The van der Waals surface area contributed by atoms with E-state index in [0.29, 0.717) is 24.8 Å². The largest absolute Gasteiger partial charge is 0.486 e. The smallest absolute Gasteiger partial charge is 0.226 e. The van der Waals surface area contributed by atoms with Gasteiger partial charge in [-0.15, -0.1) is 11.3 Å². The normalized spacial score (nSPS) is 13.8. The molecule has 1 amide bonds. The van der Waals surface area contributed by atoms with Gasteiger partial charge in [0.15, 0.2) is 16.6 Å². The van der Waals surface area contributed by atoms with E-state index >= 15 is 0 Å². The number of rotatable bonds is 5. The number of aromatic nitrogens is 1. The lowest BCUT2D eigenvalue weighted by atomic mass is 9.98. The molecule has 1 aliphatic heterocycles. The van der Waals surface area contributed by atoms with Gasteiger partial charge >= 0.3 is 0 Å². The van der Waals surface area contributed by atoms with Crippen LogP contribution in [-0.4, -0.2) is 24.1 Å². The molecule has 27 heavy (non-hydrogen) atoms. The van der Waals surface area contributed by atoms with Crippen molar-refractivity contribution in [1.82, 2.24) is 4.98 Å². The standard InChI is InChI=1S/C21H20N2O3S/c1-14(15-5-3-2-4-6-15)11-20(24)23-21-22-17(13-27-21)16-7-8-18-19(12-16)26-10-9-25-18/h2-8,12-14H,9-11H2,1H3,(H,22,23,24). The molecule has 0 saturated heterocycles. The third-order valence-electron chi connectivity index (χ3n) is 4.45. The molecule has 1 unspecified atom stereocenters. The van der Waals surface area contributed by atoms with Crippen LogP contribution >= 0.6 is 11.3 Å². The number of carbonyl (C=O) groups excluding carboxylic acids is 1. The molecule has 1 N–H and O–H groups in total. The second-order valence-electron chi connectivity index (χ2n) is 6.46. The van der Waals surface area contributed by atoms with E-state index in [1.165, 1.54) is 11.3 Å². The highest BCUT2D eigenvalue weighted by atomic mass is 32.1. The van der Waals surface area contributed by atoms with E-state index in [1.807, 2.05) is 53.9 Å². The van der Waals surface area contributed by atoms with Crippen molar-refractivity contribution < 1.29 is 14.3 Å². The second kappa shape index (κ2) is 7.80. The molecule has 0 radical (unpaired) electrons. The van der Waals surface area contributed by atoms with Crippen molar-refractivity contribution in [3.05, 3.63) is 59.5 Å². The van der Waals surface area contributed by atoms with E-state index in [2.05, 4.69) is 17.2 Å². The van der Waals surface area contributed by atoms with Crippen molar-refractivity contribution in [2.45, 2.75) is 19.3 Å². The number of amides is 1. The average molecular weight is 380 g/mol. The summed E-state index contributed by atoms with van der Waals surface area (Å²) in [4.78, 5) is 16.9.